The van der Waals surface area contributed by atoms with Crippen LogP contribution in [-0.4, -0.2) is 23.9 Å². The van der Waals surface area contributed by atoms with Crippen molar-refractivity contribution in [3.63, 3.8) is 0 Å². The monoisotopic (exact) mass is 375 g/mol. The third kappa shape index (κ3) is 3.72. The lowest BCUT2D eigenvalue weighted by Crippen LogP contribution is -2.19. The molecule has 0 saturated carbocycles. The Morgan fingerprint density at radius 1 is 1.50 bits per heavy atom. The first-order valence-electron chi connectivity index (χ1n) is 4.84. The van der Waals surface area contributed by atoms with Gasteiger partial charge in [-0.05, 0) is 36.4 Å². The molecular formula is C10H9F3INO3. The topological polar surface area (TPSA) is 48.4 Å². The third-order valence-corrected chi connectivity index (χ3v) is 2.95. The summed E-state index contributed by atoms with van der Waals surface area (Å²) in [6.45, 7) is 3.23. The number of rotatable bonds is 3. The number of esters is 1. The number of ether oxygens (including phenoxy) is 2. The summed E-state index contributed by atoms with van der Waals surface area (Å²) in [5.41, 5.74) is 0.270. The lowest BCUT2D eigenvalue weighted by molar-refractivity contribution is -0.275. The Hall–Kier alpha value is -1.06. The molecule has 0 fully saturated rings. The Balaban J connectivity index is 3.18. The van der Waals surface area contributed by atoms with Gasteiger partial charge < -0.3 is 9.47 Å². The van der Waals surface area contributed by atoms with Crippen LogP contribution in [0.3, 0.4) is 0 Å². The molecule has 0 bridgehead atoms. The molecule has 1 rings (SSSR count). The summed E-state index contributed by atoms with van der Waals surface area (Å²) >= 11 is 1.60. The van der Waals surface area contributed by atoms with Gasteiger partial charge in [0.15, 0.2) is 5.75 Å². The highest BCUT2D eigenvalue weighted by atomic mass is 127. The smallest absolute Gasteiger partial charge is 0.462 e. The van der Waals surface area contributed by atoms with Crippen LogP contribution in [0, 0.1) is 10.5 Å². The van der Waals surface area contributed by atoms with E-state index in [0.29, 0.717) is 0 Å². The Labute approximate surface area is 115 Å². The maximum atomic E-state index is 12.1. The number of halogens is 4. The minimum Gasteiger partial charge on any atom is -0.462 e. The van der Waals surface area contributed by atoms with E-state index in [-0.39, 0.29) is 21.4 Å². The average Bonchev–Trinajstić information content (AvgIpc) is 2.21. The highest BCUT2D eigenvalue weighted by Gasteiger charge is 2.33. The molecule has 0 N–H and O–H groups in total. The first-order valence-corrected chi connectivity index (χ1v) is 5.92. The van der Waals surface area contributed by atoms with Gasteiger partial charge in [-0.1, -0.05) is 0 Å². The molecule has 0 aromatic carbocycles. The SMILES string of the molecule is CCOC(=O)c1c(C)ncc(OC(F)(F)F)c1I. The number of carbonyl (C=O) groups is 1. The van der Waals surface area contributed by atoms with E-state index in [0.717, 1.165) is 6.20 Å². The number of carbonyl (C=O) groups excluding carboxylic acids is 1. The molecule has 0 aliphatic carbocycles. The van der Waals surface area contributed by atoms with Crippen LogP contribution in [0.1, 0.15) is 23.0 Å². The lowest BCUT2D eigenvalue weighted by atomic mass is 10.2. The largest absolute Gasteiger partial charge is 0.573 e. The fourth-order valence-corrected chi connectivity index (χ4v) is 2.05. The molecule has 1 aromatic rings. The molecule has 1 heterocycles. The Morgan fingerprint density at radius 3 is 2.61 bits per heavy atom. The maximum absolute atomic E-state index is 12.1. The lowest BCUT2D eigenvalue weighted by Gasteiger charge is -2.13. The highest BCUT2D eigenvalue weighted by Crippen LogP contribution is 2.30. The molecule has 100 valence electrons. The molecule has 0 radical (unpaired) electrons. The van der Waals surface area contributed by atoms with Gasteiger partial charge in [-0.3, -0.25) is 4.98 Å². The van der Waals surface area contributed by atoms with E-state index in [1.807, 2.05) is 0 Å². The van der Waals surface area contributed by atoms with E-state index >= 15 is 0 Å². The molecular weight excluding hydrogens is 366 g/mol. The number of alkyl halides is 3. The first-order chi connectivity index (χ1) is 8.26. The van der Waals surface area contributed by atoms with Crippen molar-refractivity contribution in [2.75, 3.05) is 6.61 Å². The van der Waals surface area contributed by atoms with E-state index < -0.39 is 18.1 Å². The molecule has 0 saturated heterocycles. The fourth-order valence-electron chi connectivity index (χ4n) is 1.20. The van der Waals surface area contributed by atoms with Gasteiger partial charge in [0.2, 0.25) is 0 Å². The van der Waals surface area contributed by atoms with Crippen LogP contribution in [0.5, 0.6) is 5.75 Å². The Bertz CT molecular complexity index is 462. The number of aryl methyl sites for hydroxylation is 1. The zero-order chi connectivity index (χ0) is 13.9. The molecule has 0 atom stereocenters. The molecule has 8 heteroatoms. The predicted molar refractivity (Wildman–Crippen MR) is 64.3 cm³/mol. The predicted octanol–water partition coefficient (Wildman–Crippen LogP) is 3.07. The molecule has 4 nitrogen and oxygen atoms in total. The molecule has 18 heavy (non-hydrogen) atoms. The van der Waals surface area contributed by atoms with E-state index in [1.165, 1.54) is 6.92 Å². The summed E-state index contributed by atoms with van der Waals surface area (Å²) in [7, 11) is 0. The van der Waals surface area contributed by atoms with E-state index in [4.69, 9.17) is 4.74 Å². The summed E-state index contributed by atoms with van der Waals surface area (Å²) in [6, 6.07) is 0. The number of hydrogen-bond donors (Lipinski definition) is 0. The Kier molecular flexibility index (Phi) is 4.77. The second-order valence-corrected chi connectivity index (χ2v) is 4.24. The van der Waals surface area contributed by atoms with Gasteiger partial charge in [0.05, 0.1) is 27.6 Å². The molecule has 0 aliphatic rings. The van der Waals surface area contributed by atoms with Gasteiger partial charge in [0.1, 0.15) is 0 Å². The zero-order valence-corrected chi connectivity index (χ0v) is 11.6. The molecule has 1 aromatic heterocycles. The van der Waals surface area contributed by atoms with E-state index in [9.17, 15) is 18.0 Å². The van der Waals surface area contributed by atoms with Crippen molar-refractivity contribution in [3.8, 4) is 5.75 Å². The normalized spacial score (nSPS) is 11.2. The summed E-state index contributed by atoms with van der Waals surface area (Å²) in [6.07, 6.45) is -3.91. The number of nitrogens with zero attached hydrogens (tertiary/aromatic N) is 1. The van der Waals surface area contributed by atoms with Crippen molar-refractivity contribution in [1.29, 1.82) is 0 Å². The van der Waals surface area contributed by atoms with Gasteiger partial charge in [-0.15, -0.1) is 13.2 Å². The average molecular weight is 375 g/mol. The van der Waals surface area contributed by atoms with E-state index in [1.54, 1.807) is 29.5 Å². The summed E-state index contributed by atoms with van der Waals surface area (Å²) in [4.78, 5) is 15.3. The number of hydrogen-bond acceptors (Lipinski definition) is 4. The van der Waals surface area contributed by atoms with Crippen LogP contribution in [0.25, 0.3) is 0 Å². The standard InChI is InChI=1S/C10H9F3INO3/c1-3-17-9(16)7-5(2)15-4-6(8(7)14)18-10(11,12)13/h4H,3H2,1-2H3. The van der Waals surface area contributed by atoms with Crippen molar-refractivity contribution < 1.29 is 27.4 Å². The van der Waals surface area contributed by atoms with Crippen LogP contribution in [0.2, 0.25) is 0 Å². The molecule has 0 aliphatic heterocycles. The van der Waals surface area contributed by atoms with Crippen LogP contribution >= 0.6 is 22.6 Å². The maximum Gasteiger partial charge on any atom is 0.573 e. The Morgan fingerprint density at radius 2 is 2.11 bits per heavy atom. The second-order valence-electron chi connectivity index (χ2n) is 3.17. The van der Waals surface area contributed by atoms with Gasteiger partial charge in [-0.25, -0.2) is 4.79 Å². The minimum absolute atomic E-state index is 0.0146. The third-order valence-electron chi connectivity index (χ3n) is 1.88. The zero-order valence-electron chi connectivity index (χ0n) is 9.47. The van der Waals surface area contributed by atoms with Crippen LogP contribution < -0.4 is 4.74 Å². The number of aromatic nitrogens is 1. The van der Waals surface area contributed by atoms with Gasteiger partial charge >= 0.3 is 12.3 Å². The molecule has 0 amide bonds. The van der Waals surface area contributed by atoms with Crippen LogP contribution in [-0.2, 0) is 4.74 Å². The summed E-state index contributed by atoms with van der Waals surface area (Å²) < 4.78 is 45.0. The van der Waals surface area contributed by atoms with E-state index in [2.05, 4.69) is 9.72 Å². The number of pyridine rings is 1. The van der Waals surface area contributed by atoms with Gasteiger partial charge in [-0.2, -0.15) is 0 Å². The van der Waals surface area contributed by atoms with Crippen molar-refractivity contribution in [2.45, 2.75) is 20.2 Å². The quantitative estimate of drug-likeness (QED) is 0.602. The highest BCUT2D eigenvalue weighted by molar-refractivity contribution is 14.1. The van der Waals surface area contributed by atoms with Crippen molar-refractivity contribution in [2.24, 2.45) is 0 Å². The van der Waals surface area contributed by atoms with Crippen LogP contribution in [0.4, 0.5) is 13.2 Å². The van der Waals surface area contributed by atoms with Crippen molar-refractivity contribution >= 4 is 28.6 Å². The van der Waals surface area contributed by atoms with Crippen molar-refractivity contribution in [1.82, 2.24) is 4.98 Å². The minimum atomic E-state index is -4.83. The fraction of sp³-hybridized carbons (Fsp3) is 0.400. The molecule has 0 spiro atoms. The second kappa shape index (κ2) is 5.72. The van der Waals surface area contributed by atoms with Gasteiger partial charge in [0.25, 0.3) is 0 Å². The summed E-state index contributed by atoms with van der Waals surface area (Å²) in [5, 5.41) is 0. The van der Waals surface area contributed by atoms with Gasteiger partial charge in [0, 0.05) is 0 Å². The molecule has 0 unspecified atom stereocenters. The first kappa shape index (κ1) is 15.0. The summed E-state index contributed by atoms with van der Waals surface area (Å²) in [5.74, 6) is -1.24. The van der Waals surface area contributed by atoms with Crippen LogP contribution in [0.15, 0.2) is 6.20 Å². The van der Waals surface area contributed by atoms with Crippen molar-refractivity contribution in [3.05, 3.63) is 21.0 Å².